The predicted molar refractivity (Wildman–Crippen MR) is 69.5 cm³/mol. The van der Waals surface area contributed by atoms with Gasteiger partial charge in [0.05, 0.1) is 5.69 Å². The lowest BCUT2D eigenvalue weighted by molar-refractivity contribution is 0.238. The maximum Gasteiger partial charge on any atom is 0.115 e. The fourth-order valence-electron chi connectivity index (χ4n) is 2.66. The van der Waals surface area contributed by atoms with Gasteiger partial charge in [-0.3, -0.25) is 0 Å². The van der Waals surface area contributed by atoms with Crippen molar-refractivity contribution in [2.45, 2.75) is 52.1 Å². The highest BCUT2D eigenvalue weighted by molar-refractivity contribution is 4.97. The Kier molecular flexibility index (Phi) is 4.49. The molecule has 1 fully saturated rings. The van der Waals surface area contributed by atoms with Crippen LogP contribution in [0.5, 0.6) is 0 Å². The van der Waals surface area contributed by atoms with Crippen LogP contribution in [-0.4, -0.2) is 16.0 Å². The van der Waals surface area contributed by atoms with Gasteiger partial charge in [0.2, 0.25) is 0 Å². The number of hydrogen-bond acceptors (Lipinski definition) is 3. The molecule has 1 saturated carbocycles. The lowest BCUT2D eigenvalue weighted by atomic mass is 9.80. The molecule has 1 aliphatic rings. The van der Waals surface area contributed by atoms with Crippen molar-refractivity contribution in [1.82, 2.24) is 15.3 Å². The Morgan fingerprint density at radius 3 is 2.65 bits per heavy atom. The van der Waals surface area contributed by atoms with Crippen molar-refractivity contribution in [3.63, 3.8) is 0 Å². The smallest absolute Gasteiger partial charge is 0.115 e. The molecule has 0 spiro atoms. The highest BCUT2D eigenvalue weighted by atomic mass is 14.9. The van der Waals surface area contributed by atoms with E-state index in [1.165, 1.54) is 25.7 Å². The molecular formula is C14H23N3. The van der Waals surface area contributed by atoms with Crippen LogP contribution in [0.2, 0.25) is 0 Å². The minimum atomic E-state index is 0.681. The van der Waals surface area contributed by atoms with E-state index in [0.717, 1.165) is 24.1 Å². The molecule has 1 heterocycles. The van der Waals surface area contributed by atoms with Crippen LogP contribution in [-0.2, 0) is 6.54 Å². The van der Waals surface area contributed by atoms with E-state index >= 15 is 0 Å². The SMILES string of the molecule is CC(C)C1CCC(NCc2ccncn2)CC1. The van der Waals surface area contributed by atoms with Gasteiger partial charge in [-0.05, 0) is 43.6 Å². The lowest BCUT2D eigenvalue weighted by Gasteiger charge is -2.31. The van der Waals surface area contributed by atoms with Gasteiger partial charge in [0.1, 0.15) is 6.33 Å². The van der Waals surface area contributed by atoms with E-state index < -0.39 is 0 Å². The summed E-state index contributed by atoms with van der Waals surface area (Å²) < 4.78 is 0. The van der Waals surface area contributed by atoms with Crippen LogP contribution < -0.4 is 5.32 Å². The van der Waals surface area contributed by atoms with E-state index in [1.807, 2.05) is 6.07 Å². The van der Waals surface area contributed by atoms with Crippen LogP contribution in [0.15, 0.2) is 18.6 Å². The van der Waals surface area contributed by atoms with Gasteiger partial charge < -0.3 is 5.32 Å². The molecule has 3 nitrogen and oxygen atoms in total. The first kappa shape index (κ1) is 12.5. The first-order valence-electron chi connectivity index (χ1n) is 6.74. The number of hydrogen-bond donors (Lipinski definition) is 1. The van der Waals surface area contributed by atoms with Gasteiger partial charge in [0.25, 0.3) is 0 Å². The molecule has 2 rings (SSSR count). The Hall–Kier alpha value is -0.960. The molecule has 94 valence electrons. The molecule has 1 aliphatic carbocycles. The summed E-state index contributed by atoms with van der Waals surface area (Å²) >= 11 is 0. The molecule has 3 heteroatoms. The van der Waals surface area contributed by atoms with E-state index in [4.69, 9.17) is 0 Å². The first-order chi connectivity index (χ1) is 8.25. The summed E-state index contributed by atoms with van der Waals surface area (Å²) in [7, 11) is 0. The van der Waals surface area contributed by atoms with Crippen molar-refractivity contribution in [2.75, 3.05) is 0 Å². The van der Waals surface area contributed by atoms with Gasteiger partial charge >= 0.3 is 0 Å². The average Bonchev–Trinajstić information content (AvgIpc) is 2.38. The molecule has 0 bridgehead atoms. The van der Waals surface area contributed by atoms with E-state index in [2.05, 4.69) is 29.1 Å². The highest BCUT2D eigenvalue weighted by Crippen LogP contribution is 2.29. The number of rotatable bonds is 4. The molecule has 0 aliphatic heterocycles. The third-order valence-corrected chi connectivity index (χ3v) is 3.93. The Morgan fingerprint density at radius 1 is 1.29 bits per heavy atom. The fraction of sp³-hybridized carbons (Fsp3) is 0.714. The summed E-state index contributed by atoms with van der Waals surface area (Å²) in [5.41, 5.74) is 1.09. The van der Waals surface area contributed by atoms with Crippen LogP contribution in [0.1, 0.15) is 45.2 Å². The predicted octanol–water partition coefficient (Wildman–Crippen LogP) is 2.78. The molecule has 0 amide bonds. The molecule has 0 unspecified atom stereocenters. The van der Waals surface area contributed by atoms with Gasteiger partial charge in [-0.25, -0.2) is 9.97 Å². The van der Waals surface area contributed by atoms with E-state index in [1.54, 1.807) is 12.5 Å². The van der Waals surface area contributed by atoms with E-state index in [9.17, 15) is 0 Å². The zero-order chi connectivity index (χ0) is 12.1. The Bertz CT molecular complexity index is 315. The van der Waals surface area contributed by atoms with Crippen molar-refractivity contribution < 1.29 is 0 Å². The minimum absolute atomic E-state index is 0.681. The third kappa shape index (κ3) is 3.77. The summed E-state index contributed by atoms with van der Waals surface area (Å²) in [4.78, 5) is 8.16. The Labute approximate surface area is 104 Å². The maximum absolute atomic E-state index is 4.23. The van der Waals surface area contributed by atoms with E-state index in [-0.39, 0.29) is 0 Å². The minimum Gasteiger partial charge on any atom is -0.308 e. The monoisotopic (exact) mass is 233 g/mol. The second-order valence-corrected chi connectivity index (χ2v) is 5.44. The standard InChI is InChI=1S/C14H23N3/c1-11(2)12-3-5-13(6-4-12)16-9-14-7-8-15-10-17-14/h7-8,10-13,16H,3-6,9H2,1-2H3. The second-order valence-electron chi connectivity index (χ2n) is 5.44. The highest BCUT2D eigenvalue weighted by Gasteiger charge is 2.22. The van der Waals surface area contributed by atoms with Crippen molar-refractivity contribution in [3.05, 3.63) is 24.3 Å². The van der Waals surface area contributed by atoms with Crippen molar-refractivity contribution in [3.8, 4) is 0 Å². The topological polar surface area (TPSA) is 37.8 Å². The number of nitrogens with zero attached hydrogens (tertiary/aromatic N) is 2. The van der Waals surface area contributed by atoms with Gasteiger partial charge in [-0.2, -0.15) is 0 Å². The second kappa shape index (κ2) is 6.10. The van der Waals surface area contributed by atoms with Crippen LogP contribution in [0.4, 0.5) is 0 Å². The molecule has 0 aromatic carbocycles. The third-order valence-electron chi connectivity index (χ3n) is 3.93. The van der Waals surface area contributed by atoms with Gasteiger partial charge in [0.15, 0.2) is 0 Å². The summed E-state index contributed by atoms with van der Waals surface area (Å²) in [6, 6.07) is 2.66. The summed E-state index contributed by atoms with van der Waals surface area (Å²) in [6.45, 7) is 5.57. The van der Waals surface area contributed by atoms with Crippen LogP contribution in [0.3, 0.4) is 0 Å². The Morgan fingerprint density at radius 2 is 2.06 bits per heavy atom. The van der Waals surface area contributed by atoms with Crippen molar-refractivity contribution in [1.29, 1.82) is 0 Å². The normalized spacial score (nSPS) is 25.1. The summed E-state index contributed by atoms with van der Waals surface area (Å²) in [6.07, 6.45) is 8.80. The number of aromatic nitrogens is 2. The zero-order valence-electron chi connectivity index (χ0n) is 10.9. The average molecular weight is 233 g/mol. The fourth-order valence-corrected chi connectivity index (χ4v) is 2.66. The van der Waals surface area contributed by atoms with Crippen molar-refractivity contribution in [2.24, 2.45) is 11.8 Å². The molecule has 1 aromatic rings. The molecule has 0 radical (unpaired) electrons. The molecule has 0 atom stereocenters. The molecule has 17 heavy (non-hydrogen) atoms. The zero-order valence-corrected chi connectivity index (χ0v) is 10.9. The lowest BCUT2D eigenvalue weighted by Crippen LogP contribution is -2.33. The first-order valence-corrected chi connectivity index (χ1v) is 6.74. The summed E-state index contributed by atoms with van der Waals surface area (Å²) in [5.74, 6) is 1.78. The molecule has 1 N–H and O–H groups in total. The van der Waals surface area contributed by atoms with Crippen molar-refractivity contribution >= 4 is 0 Å². The summed E-state index contributed by atoms with van der Waals surface area (Å²) in [5, 5.41) is 3.61. The quantitative estimate of drug-likeness (QED) is 0.869. The molecule has 1 aromatic heterocycles. The Balaban J connectivity index is 1.72. The van der Waals surface area contributed by atoms with Gasteiger partial charge in [-0.1, -0.05) is 13.8 Å². The van der Waals surface area contributed by atoms with Gasteiger partial charge in [0, 0.05) is 18.8 Å². The van der Waals surface area contributed by atoms with Crippen LogP contribution in [0, 0.1) is 11.8 Å². The molecule has 0 saturated heterocycles. The van der Waals surface area contributed by atoms with Crippen LogP contribution in [0.25, 0.3) is 0 Å². The molecular weight excluding hydrogens is 210 g/mol. The van der Waals surface area contributed by atoms with Gasteiger partial charge in [-0.15, -0.1) is 0 Å². The van der Waals surface area contributed by atoms with E-state index in [0.29, 0.717) is 6.04 Å². The van der Waals surface area contributed by atoms with Crippen LogP contribution >= 0.6 is 0 Å². The number of nitrogens with one attached hydrogen (secondary N) is 1. The maximum atomic E-state index is 4.23. The largest absolute Gasteiger partial charge is 0.308 e.